The quantitative estimate of drug-likeness (QED) is 0.501. The first-order chi connectivity index (χ1) is 9.83. The minimum Gasteiger partial charge on any atom is -0.261 e. The van der Waals surface area contributed by atoms with Gasteiger partial charge in [0.05, 0.1) is 11.7 Å². The second kappa shape index (κ2) is 4.21. The van der Waals surface area contributed by atoms with Crippen LogP contribution in [0, 0.1) is 0 Å². The number of benzene rings is 1. The Kier molecular flexibility index (Phi) is 2.37. The van der Waals surface area contributed by atoms with Crippen molar-refractivity contribution in [3.8, 4) is 11.5 Å². The van der Waals surface area contributed by atoms with E-state index in [-0.39, 0.29) is 5.28 Å². The number of aromatic nitrogens is 6. The fraction of sp³-hybridized carbons (Fsp3) is 0. The molecule has 0 atom stereocenters. The Morgan fingerprint density at radius 2 is 1.95 bits per heavy atom. The molecule has 20 heavy (non-hydrogen) atoms. The van der Waals surface area contributed by atoms with E-state index in [1.54, 1.807) is 18.6 Å². The van der Waals surface area contributed by atoms with Crippen molar-refractivity contribution >= 4 is 28.2 Å². The van der Waals surface area contributed by atoms with Crippen molar-refractivity contribution in [2.75, 3.05) is 0 Å². The molecule has 96 valence electrons. The molecule has 0 unspecified atom stereocenters. The van der Waals surface area contributed by atoms with Gasteiger partial charge in [-0.15, -0.1) is 5.10 Å². The SMILES string of the molecule is Clc1nc2ccccc2c2nc(-c3cnccn3)nn12. The van der Waals surface area contributed by atoms with Gasteiger partial charge in [0.2, 0.25) is 11.1 Å². The van der Waals surface area contributed by atoms with Crippen LogP contribution in [0.1, 0.15) is 0 Å². The number of rotatable bonds is 1. The average molecular weight is 283 g/mol. The van der Waals surface area contributed by atoms with Gasteiger partial charge < -0.3 is 0 Å². The second-order valence-corrected chi connectivity index (χ2v) is 4.50. The van der Waals surface area contributed by atoms with Gasteiger partial charge in [-0.3, -0.25) is 4.98 Å². The van der Waals surface area contributed by atoms with Crippen molar-refractivity contribution < 1.29 is 0 Å². The fourth-order valence-corrected chi connectivity index (χ4v) is 2.25. The first-order valence-corrected chi connectivity index (χ1v) is 6.28. The van der Waals surface area contributed by atoms with Gasteiger partial charge in [0, 0.05) is 17.8 Å². The molecule has 6 nitrogen and oxygen atoms in total. The molecule has 0 radical (unpaired) electrons. The standard InChI is InChI=1S/C13H7ClN6/c14-13-17-9-4-2-1-3-8(9)12-18-11(19-20(12)13)10-7-15-5-6-16-10/h1-7H. The summed E-state index contributed by atoms with van der Waals surface area (Å²) in [7, 11) is 0. The summed E-state index contributed by atoms with van der Waals surface area (Å²) in [6, 6.07) is 7.65. The molecule has 0 amide bonds. The minimum absolute atomic E-state index is 0.265. The minimum atomic E-state index is 0.265. The summed E-state index contributed by atoms with van der Waals surface area (Å²) in [6.07, 6.45) is 4.81. The first-order valence-electron chi connectivity index (χ1n) is 5.90. The van der Waals surface area contributed by atoms with Gasteiger partial charge in [0.1, 0.15) is 5.69 Å². The molecule has 0 N–H and O–H groups in total. The van der Waals surface area contributed by atoms with Gasteiger partial charge in [-0.25, -0.2) is 15.0 Å². The lowest BCUT2D eigenvalue weighted by Gasteiger charge is -1.99. The van der Waals surface area contributed by atoms with E-state index in [2.05, 4.69) is 25.0 Å². The topological polar surface area (TPSA) is 68.9 Å². The molecule has 7 heteroatoms. The lowest BCUT2D eigenvalue weighted by atomic mass is 10.2. The molecule has 0 saturated heterocycles. The van der Waals surface area contributed by atoms with Gasteiger partial charge in [-0.2, -0.15) is 4.52 Å². The Morgan fingerprint density at radius 1 is 1.05 bits per heavy atom. The van der Waals surface area contributed by atoms with Crippen molar-refractivity contribution in [2.24, 2.45) is 0 Å². The van der Waals surface area contributed by atoms with Crippen LogP contribution in [0.2, 0.25) is 5.28 Å². The highest BCUT2D eigenvalue weighted by molar-refractivity contribution is 6.29. The van der Waals surface area contributed by atoms with Crippen LogP contribution in [-0.2, 0) is 0 Å². The molecule has 4 aromatic rings. The number of hydrogen-bond acceptors (Lipinski definition) is 5. The zero-order valence-corrected chi connectivity index (χ0v) is 10.9. The van der Waals surface area contributed by atoms with E-state index in [4.69, 9.17) is 11.6 Å². The highest BCUT2D eigenvalue weighted by atomic mass is 35.5. The smallest absolute Gasteiger partial charge is 0.226 e. The lowest BCUT2D eigenvalue weighted by molar-refractivity contribution is 0.935. The third-order valence-electron chi connectivity index (χ3n) is 2.93. The highest BCUT2D eigenvalue weighted by Gasteiger charge is 2.13. The van der Waals surface area contributed by atoms with Crippen LogP contribution < -0.4 is 0 Å². The summed E-state index contributed by atoms with van der Waals surface area (Å²) in [5, 5.41) is 5.49. The van der Waals surface area contributed by atoms with Crippen LogP contribution in [0.15, 0.2) is 42.9 Å². The van der Waals surface area contributed by atoms with Gasteiger partial charge in [-0.05, 0) is 23.7 Å². The summed E-state index contributed by atoms with van der Waals surface area (Å²) in [4.78, 5) is 17.0. The second-order valence-electron chi connectivity index (χ2n) is 4.16. The fourth-order valence-electron chi connectivity index (χ4n) is 2.05. The third kappa shape index (κ3) is 1.62. The van der Waals surface area contributed by atoms with Crippen molar-refractivity contribution in [3.05, 3.63) is 48.1 Å². The molecule has 3 aromatic heterocycles. The molecule has 0 aliphatic heterocycles. The van der Waals surface area contributed by atoms with Crippen molar-refractivity contribution in [3.63, 3.8) is 0 Å². The molecule has 1 aromatic carbocycles. The summed E-state index contributed by atoms with van der Waals surface area (Å²) in [5.74, 6) is 0.471. The van der Waals surface area contributed by atoms with E-state index in [9.17, 15) is 0 Å². The Hall–Kier alpha value is -2.60. The molecular weight excluding hydrogens is 276 g/mol. The molecule has 3 heterocycles. The Balaban J connectivity index is 2.08. The number of halogens is 1. The van der Waals surface area contributed by atoms with Crippen LogP contribution in [0.5, 0.6) is 0 Å². The van der Waals surface area contributed by atoms with E-state index in [1.165, 1.54) is 4.52 Å². The maximum absolute atomic E-state index is 6.15. The Morgan fingerprint density at radius 3 is 2.80 bits per heavy atom. The number of hydrogen-bond donors (Lipinski definition) is 0. The summed E-state index contributed by atoms with van der Waals surface area (Å²) in [6.45, 7) is 0. The zero-order chi connectivity index (χ0) is 13.5. The molecular formula is C13H7ClN6. The van der Waals surface area contributed by atoms with Gasteiger partial charge >= 0.3 is 0 Å². The summed E-state index contributed by atoms with van der Waals surface area (Å²) in [5.41, 5.74) is 2.03. The van der Waals surface area contributed by atoms with Crippen molar-refractivity contribution in [1.82, 2.24) is 29.5 Å². The molecule has 0 fully saturated rings. The Bertz CT molecular complexity index is 918. The molecule has 0 saturated carbocycles. The Labute approximate surface area is 118 Å². The van der Waals surface area contributed by atoms with E-state index < -0.39 is 0 Å². The normalized spacial score (nSPS) is 11.2. The predicted octanol–water partition coefficient (Wildman–Crippen LogP) is 2.39. The molecule has 0 aliphatic carbocycles. The first kappa shape index (κ1) is 11.2. The van der Waals surface area contributed by atoms with Crippen LogP contribution in [0.25, 0.3) is 28.1 Å². The van der Waals surface area contributed by atoms with Crippen LogP contribution in [0.4, 0.5) is 0 Å². The van der Waals surface area contributed by atoms with E-state index in [0.717, 1.165) is 10.9 Å². The molecule has 4 rings (SSSR count). The zero-order valence-electron chi connectivity index (χ0n) is 10.1. The van der Waals surface area contributed by atoms with E-state index in [0.29, 0.717) is 17.2 Å². The lowest BCUT2D eigenvalue weighted by Crippen LogP contribution is -1.94. The number of nitrogens with zero attached hydrogens (tertiary/aromatic N) is 6. The monoisotopic (exact) mass is 282 g/mol. The third-order valence-corrected chi connectivity index (χ3v) is 3.18. The molecule has 0 spiro atoms. The molecule has 0 bridgehead atoms. The molecule has 0 aliphatic rings. The maximum atomic E-state index is 6.15. The van der Waals surface area contributed by atoms with Gasteiger partial charge in [-0.1, -0.05) is 12.1 Å². The van der Waals surface area contributed by atoms with E-state index in [1.807, 2.05) is 24.3 Å². The highest BCUT2D eigenvalue weighted by Crippen LogP contribution is 2.22. The predicted molar refractivity (Wildman–Crippen MR) is 74.3 cm³/mol. The maximum Gasteiger partial charge on any atom is 0.226 e. The summed E-state index contributed by atoms with van der Waals surface area (Å²) >= 11 is 6.15. The van der Waals surface area contributed by atoms with E-state index >= 15 is 0 Å². The number of fused-ring (bicyclic) bond motifs is 3. The average Bonchev–Trinajstić information content (AvgIpc) is 2.94. The van der Waals surface area contributed by atoms with Gasteiger partial charge in [0.15, 0.2) is 5.65 Å². The van der Waals surface area contributed by atoms with Crippen molar-refractivity contribution in [2.45, 2.75) is 0 Å². The number of para-hydroxylation sites is 1. The largest absolute Gasteiger partial charge is 0.261 e. The van der Waals surface area contributed by atoms with Gasteiger partial charge in [0.25, 0.3) is 0 Å². The van der Waals surface area contributed by atoms with Crippen LogP contribution in [0.3, 0.4) is 0 Å². The van der Waals surface area contributed by atoms with Crippen LogP contribution >= 0.6 is 11.6 Å². The summed E-state index contributed by atoms with van der Waals surface area (Å²) < 4.78 is 1.51. The van der Waals surface area contributed by atoms with Crippen molar-refractivity contribution in [1.29, 1.82) is 0 Å². The van der Waals surface area contributed by atoms with Crippen LogP contribution in [-0.4, -0.2) is 29.5 Å².